The molecular weight excluding hydrogens is 132 g/mol. The van der Waals surface area contributed by atoms with Crippen LogP contribution in [0, 0.1) is 11.8 Å². The molecule has 0 bridgehead atoms. The quantitative estimate of drug-likeness (QED) is 0.536. The molecule has 1 atom stereocenters. The van der Waals surface area contributed by atoms with Crippen LogP contribution in [0.4, 0.5) is 0 Å². The first-order valence-corrected chi connectivity index (χ1v) is 4.62. The van der Waals surface area contributed by atoms with Crippen molar-refractivity contribution in [2.75, 3.05) is 0 Å². The van der Waals surface area contributed by atoms with E-state index >= 15 is 0 Å². The molecule has 0 N–H and O–H groups in total. The van der Waals surface area contributed by atoms with Gasteiger partial charge < -0.3 is 0 Å². The predicted octanol–water partition coefficient (Wildman–Crippen LogP) is 3.55. The van der Waals surface area contributed by atoms with Crippen molar-refractivity contribution < 1.29 is 0 Å². The second-order valence-corrected chi connectivity index (χ2v) is 3.67. The summed E-state index contributed by atoms with van der Waals surface area (Å²) < 4.78 is 0. The monoisotopic (exact) mass is 150 g/mol. The van der Waals surface area contributed by atoms with E-state index in [-0.39, 0.29) is 0 Å². The van der Waals surface area contributed by atoms with Gasteiger partial charge >= 0.3 is 0 Å². The molecule has 1 aliphatic rings. The zero-order valence-electron chi connectivity index (χ0n) is 7.59. The maximum atomic E-state index is 2.32. The van der Waals surface area contributed by atoms with Crippen LogP contribution >= 0.6 is 0 Å². The molecule has 1 aliphatic carbocycles. The van der Waals surface area contributed by atoms with Gasteiger partial charge in [0.15, 0.2) is 0 Å². The second kappa shape index (κ2) is 4.38. The average Bonchev–Trinajstić information content (AvgIpc) is 1.84. The lowest BCUT2D eigenvalue weighted by atomic mass is 9.87. The molecule has 0 aromatic heterocycles. The van der Waals surface area contributed by atoms with Gasteiger partial charge in [0, 0.05) is 0 Å². The van der Waals surface area contributed by atoms with Crippen LogP contribution in [-0.2, 0) is 0 Å². The second-order valence-electron chi connectivity index (χ2n) is 3.67. The Morgan fingerprint density at radius 2 is 1.91 bits per heavy atom. The van der Waals surface area contributed by atoms with Crippen LogP contribution in [0.5, 0.6) is 0 Å². The molecule has 0 fully saturated rings. The van der Waals surface area contributed by atoms with Gasteiger partial charge in [-0.15, -0.1) is 0 Å². The maximum absolute atomic E-state index is 2.32. The van der Waals surface area contributed by atoms with E-state index in [1.54, 1.807) is 0 Å². The Labute approximate surface area is 70.0 Å². The summed E-state index contributed by atoms with van der Waals surface area (Å²) in [4.78, 5) is 0. The lowest BCUT2D eigenvalue weighted by Crippen LogP contribution is -2.07. The van der Waals surface area contributed by atoms with Gasteiger partial charge in [0.05, 0.1) is 0 Å². The molecular formula is C11H18. The average molecular weight is 150 g/mol. The van der Waals surface area contributed by atoms with Crippen LogP contribution in [0.25, 0.3) is 0 Å². The molecule has 0 heteroatoms. The van der Waals surface area contributed by atoms with Crippen molar-refractivity contribution in [3.05, 3.63) is 24.3 Å². The maximum Gasteiger partial charge on any atom is -0.0317 e. The normalized spacial score (nSPS) is 31.0. The zero-order chi connectivity index (χ0) is 8.10. The van der Waals surface area contributed by atoms with E-state index in [1.807, 2.05) is 0 Å². The van der Waals surface area contributed by atoms with E-state index in [2.05, 4.69) is 38.2 Å². The Morgan fingerprint density at radius 3 is 2.64 bits per heavy atom. The first kappa shape index (κ1) is 8.58. The summed E-state index contributed by atoms with van der Waals surface area (Å²) in [5, 5.41) is 0. The molecule has 0 aliphatic heterocycles. The van der Waals surface area contributed by atoms with Crippen LogP contribution in [-0.4, -0.2) is 0 Å². The minimum Gasteiger partial charge on any atom is -0.0845 e. The van der Waals surface area contributed by atoms with Crippen molar-refractivity contribution in [2.24, 2.45) is 11.8 Å². The van der Waals surface area contributed by atoms with E-state index in [0.717, 1.165) is 11.8 Å². The summed E-state index contributed by atoms with van der Waals surface area (Å²) in [5.74, 6) is 1.74. The third kappa shape index (κ3) is 2.92. The van der Waals surface area contributed by atoms with Crippen LogP contribution < -0.4 is 0 Å². The SMILES string of the molecule is CC(C)C1C/C=C\C=C/CC1. The molecule has 0 spiro atoms. The van der Waals surface area contributed by atoms with Crippen molar-refractivity contribution >= 4 is 0 Å². The van der Waals surface area contributed by atoms with E-state index in [9.17, 15) is 0 Å². The molecule has 0 aromatic carbocycles. The topological polar surface area (TPSA) is 0 Å². The number of allylic oxidation sites excluding steroid dienone is 4. The summed E-state index contributed by atoms with van der Waals surface area (Å²) in [6, 6.07) is 0. The van der Waals surface area contributed by atoms with Gasteiger partial charge in [0.2, 0.25) is 0 Å². The summed E-state index contributed by atoms with van der Waals surface area (Å²) in [7, 11) is 0. The van der Waals surface area contributed by atoms with Crippen molar-refractivity contribution in [1.82, 2.24) is 0 Å². The first-order chi connectivity index (χ1) is 5.30. The highest BCUT2D eigenvalue weighted by molar-refractivity contribution is 5.04. The fourth-order valence-electron chi connectivity index (χ4n) is 1.54. The van der Waals surface area contributed by atoms with Crippen LogP contribution in [0.3, 0.4) is 0 Å². The summed E-state index contributed by atoms with van der Waals surface area (Å²) in [5.41, 5.74) is 0. The molecule has 0 saturated carbocycles. The highest BCUT2D eigenvalue weighted by Gasteiger charge is 2.10. The minimum absolute atomic E-state index is 0.839. The number of rotatable bonds is 1. The van der Waals surface area contributed by atoms with Crippen molar-refractivity contribution in [2.45, 2.75) is 33.1 Å². The Hall–Kier alpha value is -0.520. The van der Waals surface area contributed by atoms with E-state index in [4.69, 9.17) is 0 Å². The van der Waals surface area contributed by atoms with Gasteiger partial charge in [-0.3, -0.25) is 0 Å². The van der Waals surface area contributed by atoms with Crippen LogP contribution in [0.15, 0.2) is 24.3 Å². The molecule has 1 rings (SSSR count). The van der Waals surface area contributed by atoms with Gasteiger partial charge in [0.1, 0.15) is 0 Å². The highest BCUT2D eigenvalue weighted by Crippen LogP contribution is 2.22. The van der Waals surface area contributed by atoms with Crippen LogP contribution in [0.1, 0.15) is 33.1 Å². The van der Waals surface area contributed by atoms with E-state index in [1.165, 1.54) is 19.3 Å². The fourth-order valence-corrected chi connectivity index (χ4v) is 1.54. The Balaban J connectivity index is 2.45. The first-order valence-electron chi connectivity index (χ1n) is 4.62. The lowest BCUT2D eigenvalue weighted by molar-refractivity contribution is 0.365. The van der Waals surface area contributed by atoms with Gasteiger partial charge in [-0.1, -0.05) is 38.2 Å². The Kier molecular flexibility index (Phi) is 3.41. The Morgan fingerprint density at radius 1 is 1.18 bits per heavy atom. The van der Waals surface area contributed by atoms with Crippen LogP contribution in [0.2, 0.25) is 0 Å². The van der Waals surface area contributed by atoms with Crippen molar-refractivity contribution in [3.63, 3.8) is 0 Å². The zero-order valence-corrected chi connectivity index (χ0v) is 7.59. The Bertz CT molecular complexity index is 151. The molecule has 0 saturated heterocycles. The largest absolute Gasteiger partial charge is 0.0845 e. The smallest absolute Gasteiger partial charge is 0.0317 e. The molecule has 0 radical (unpaired) electrons. The van der Waals surface area contributed by atoms with Gasteiger partial charge in [-0.05, 0) is 31.1 Å². The molecule has 0 heterocycles. The fraction of sp³-hybridized carbons (Fsp3) is 0.636. The molecule has 62 valence electrons. The molecule has 0 amide bonds. The third-order valence-electron chi connectivity index (χ3n) is 2.47. The predicted molar refractivity (Wildman–Crippen MR) is 50.5 cm³/mol. The van der Waals surface area contributed by atoms with Gasteiger partial charge in [0.25, 0.3) is 0 Å². The van der Waals surface area contributed by atoms with Gasteiger partial charge in [-0.25, -0.2) is 0 Å². The van der Waals surface area contributed by atoms with E-state index < -0.39 is 0 Å². The van der Waals surface area contributed by atoms with Crippen molar-refractivity contribution in [1.29, 1.82) is 0 Å². The van der Waals surface area contributed by atoms with Crippen molar-refractivity contribution in [3.8, 4) is 0 Å². The van der Waals surface area contributed by atoms with Gasteiger partial charge in [-0.2, -0.15) is 0 Å². The summed E-state index contributed by atoms with van der Waals surface area (Å²) in [6.45, 7) is 4.65. The molecule has 0 nitrogen and oxygen atoms in total. The minimum atomic E-state index is 0.839. The van der Waals surface area contributed by atoms with E-state index in [0.29, 0.717) is 0 Å². The molecule has 11 heavy (non-hydrogen) atoms. The lowest BCUT2D eigenvalue weighted by Gasteiger charge is -2.18. The number of hydrogen-bond donors (Lipinski definition) is 0. The standard InChI is InChI=1S/C11H18/c1-10(2)11-8-6-4-3-5-7-9-11/h3-6,10-11H,7-9H2,1-2H3/b5-3-,6-4-. The third-order valence-corrected chi connectivity index (χ3v) is 2.47. The highest BCUT2D eigenvalue weighted by atomic mass is 14.2. The summed E-state index contributed by atoms with van der Waals surface area (Å²) >= 11 is 0. The summed E-state index contributed by atoms with van der Waals surface area (Å²) in [6.07, 6.45) is 12.8. The molecule has 1 unspecified atom stereocenters. The molecule has 0 aromatic rings. The number of hydrogen-bond acceptors (Lipinski definition) is 0.